The van der Waals surface area contributed by atoms with Crippen LogP contribution in [0, 0.1) is 13.8 Å². The Labute approximate surface area is 761 Å². The molecule has 1 atom stereocenters. The molecule has 2 amide bonds. The summed E-state index contributed by atoms with van der Waals surface area (Å²) in [7, 11) is 3.58. The lowest BCUT2D eigenvalue weighted by atomic mass is 9.98. The van der Waals surface area contributed by atoms with Crippen LogP contribution < -0.4 is 49.1 Å². The Hall–Kier alpha value is -15.5. The van der Waals surface area contributed by atoms with Gasteiger partial charge in [0.2, 0.25) is 17.8 Å². The van der Waals surface area contributed by atoms with E-state index in [-0.39, 0.29) is 11.8 Å². The highest BCUT2D eigenvalue weighted by atomic mass is 19.3. The third-order valence-electron chi connectivity index (χ3n) is 25.6. The van der Waals surface area contributed by atoms with Crippen LogP contribution in [0.25, 0.3) is 90.3 Å². The molecule has 4 saturated heterocycles. The zero-order chi connectivity index (χ0) is 90.1. The number of rotatable bonds is 16. The van der Waals surface area contributed by atoms with Crippen LogP contribution in [0.3, 0.4) is 0 Å². The van der Waals surface area contributed by atoms with Crippen LogP contribution in [0.1, 0.15) is 94.1 Å². The summed E-state index contributed by atoms with van der Waals surface area (Å²) in [4.78, 5) is 101. The van der Waals surface area contributed by atoms with Gasteiger partial charge < -0.3 is 73.9 Å². The number of alkyl halides is 2. The lowest BCUT2D eigenvalue weighted by molar-refractivity contribution is -0.0499. The fraction of sp³-hybridized carbons (Fsp3) is 0.280. The molecule has 3 aliphatic carbocycles. The van der Waals surface area contributed by atoms with Gasteiger partial charge in [-0.25, -0.2) is 59.6 Å². The molecule has 0 bridgehead atoms. The second kappa shape index (κ2) is 36.6. The van der Waals surface area contributed by atoms with Crippen molar-refractivity contribution in [3.05, 3.63) is 275 Å². The molecule has 30 nitrogen and oxygen atoms in total. The molecule has 6 aromatic carbocycles. The summed E-state index contributed by atoms with van der Waals surface area (Å²) in [5.74, 6) is 7.58. The summed E-state index contributed by atoms with van der Waals surface area (Å²) in [6.07, 6.45) is 21.8. The minimum absolute atomic E-state index is 0.0537. The minimum atomic E-state index is -2.91. The first-order chi connectivity index (χ1) is 64.4. The molecule has 4 aliphatic heterocycles. The fourth-order valence-corrected chi connectivity index (χ4v) is 18.5. The molecule has 7 aliphatic rings. The smallest absolute Gasteiger partial charge is 0.387 e. The third kappa shape index (κ3) is 18.0. The Morgan fingerprint density at radius 2 is 0.924 bits per heavy atom. The van der Waals surface area contributed by atoms with E-state index in [1.54, 1.807) is 49.5 Å². The van der Waals surface area contributed by atoms with Crippen molar-refractivity contribution < 1.29 is 23.0 Å². The van der Waals surface area contributed by atoms with E-state index < -0.39 is 18.2 Å². The molecule has 32 heteroatoms. The number of benzene rings is 6. The van der Waals surface area contributed by atoms with E-state index in [4.69, 9.17) is 19.7 Å². The standard InChI is InChI=1S/C29H32F2N6O3.C25H24N6.C24H23N7.C22H22N8/c1-18(19-7-5-10-22(13-19)40-27(30)31)34-28(38)37-12-11-36(16-29(37,2)3)26-23-15-24(35-25(23)32-17-33-26)20-8-6-9-21(14-20)39-4;1-17-6-8-18(9-7-17)19-14-20-23(15-19)26-16-27-24(20)30-10-12-31(13-11-30)25-28-21-4-2-3-5-22(21)29-25;1-16-6-7-17(14-25-16)18-12-19-22(13-18)26-15-27-23(19)30-8-10-31(11-9-30)24-28-20-4-2-3-5-21(20)29-24;1-28-13-16(12-25-28)15-10-17-20(11-15)23-14-24-21(17)29-6-8-30(9-7-29)22-26-18-4-2-3-5-19(18)27-22/h5-10,13-15,17-18,27H,11-12,16H2,1-4H3,(H,34,38)(H,32,33,35);2-9,14,16H,10-13,15H2,1H3,(H,28,29);2-7,12,14-15H,8-11,13H2,1H3,(H,28,29);2-5,10,12-14H,6-9,11H2,1H3,(H,26,27). The number of aryl methyl sites for hydroxylation is 3. The number of hydrogen-bond donors (Lipinski definition) is 5. The number of carbonyl (C=O) groups excluding carboxylic acids is 1. The molecule has 14 heterocycles. The van der Waals surface area contributed by atoms with Crippen molar-refractivity contribution in [1.29, 1.82) is 0 Å². The fourth-order valence-electron chi connectivity index (χ4n) is 18.5. The number of anilines is 7. The van der Waals surface area contributed by atoms with Gasteiger partial charge in [-0.05, 0) is 159 Å². The Balaban J connectivity index is 0.000000110. The maximum atomic E-state index is 13.3. The number of amides is 2. The predicted octanol–water partition coefficient (Wildman–Crippen LogP) is 15.7. The molecule has 16 aromatic rings. The summed E-state index contributed by atoms with van der Waals surface area (Å²) in [6.45, 7) is 19.5. The average Bonchev–Trinajstić information content (AvgIpc) is 1.55. The quantitative estimate of drug-likeness (QED) is 0.0600. The maximum Gasteiger partial charge on any atom is 0.387 e. The number of aromatic amines is 4. The van der Waals surface area contributed by atoms with E-state index in [9.17, 15) is 13.6 Å². The van der Waals surface area contributed by atoms with Gasteiger partial charge in [-0.15, -0.1) is 0 Å². The highest BCUT2D eigenvalue weighted by Gasteiger charge is 2.39. The highest BCUT2D eigenvalue weighted by molar-refractivity contribution is 5.95. The van der Waals surface area contributed by atoms with E-state index in [0.29, 0.717) is 25.2 Å². The summed E-state index contributed by atoms with van der Waals surface area (Å²) in [6, 6.07) is 53.0. The van der Waals surface area contributed by atoms with Crippen LogP contribution in [0.5, 0.6) is 11.5 Å². The topological polar surface area (TPSA) is 309 Å². The first kappa shape index (κ1) is 84.6. The average molecular weight is 1770 g/mol. The molecule has 4 fully saturated rings. The number of para-hydroxylation sites is 6. The van der Waals surface area contributed by atoms with Crippen molar-refractivity contribution in [1.82, 2.24) is 99.7 Å². The number of H-pyrrole nitrogens is 4. The molecule has 0 saturated carbocycles. The maximum absolute atomic E-state index is 13.3. The number of aromatic nitrogens is 18. The largest absolute Gasteiger partial charge is 0.497 e. The van der Waals surface area contributed by atoms with Gasteiger partial charge in [-0.2, -0.15) is 13.9 Å². The van der Waals surface area contributed by atoms with Gasteiger partial charge in [0, 0.05) is 176 Å². The number of nitrogens with zero attached hydrogens (tertiary/aromatic N) is 22. The number of imidazole rings is 3. The first-order valence-electron chi connectivity index (χ1n) is 44.7. The lowest BCUT2D eigenvalue weighted by Gasteiger charge is -2.47. The Bertz CT molecular complexity index is 6690. The number of urea groups is 1. The SMILES string of the molecule is COc1cccc(-c2cc3c(N4CCN(C(=O)NC(C)c5cccc(OC(F)F)c5)C(C)(C)C4)ncnc3[nH]2)c1.Cc1ccc(C2=Cc3c(ncnc3N3CCN(c4nc5ccccc5[nH]4)CC3)C2)cc1.Cc1ccc(C2=Cc3c(ncnc3N3CCN(c4nc5ccccc5[nH]4)CC3)C2)cn1.Cn1cc(C2=Cc3c(ncnc3N3CCN(c4nc5ccccc5[nH]4)CC3)C2)cn1. The van der Waals surface area contributed by atoms with Crippen molar-refractivity contribution in [2.45, 2.75) is 72.1 Å². The number of piperazine rings is 4. The number of halogens is 2. The van der Waals surface area contributed by atoms with Crippen LogP contribution in [0.15, 0.2) is 208 Å². The van der Waals surface area contributed by atoms with Crippen LogP contribution in [-0.4, -0.2) is 218 Å². The van der Waals surface area contributed by atoms with Gasteiger partial charge in [-0.1, -0.05) is 96.6 Å². The van der Waals surface area contributed by atoms with E-state index in [2.05, 4.69) is 200 Å². The van der Waals surface area contributed by atoms with Gasteiger partial charge in [0.1, 0.15) is 65.7 Å². The summed E-state index contributed by atoms with van der Waals surface area (Å²) >= 11 is 0. The molecule has 1 unspecified atom stereocenters. The number of methoxy groups -OCH3 is 1. The van der Waals surface area contributed by atoms with Crippen molar-refractivity contribution in [3.63, 3.8) is 0 Å². The van der Waals surface area contributed by atoms with E-state index in [0.717, 1.165) is 245 Å². The van der Waals surface area contributed by atoms with Gasteiger partial charge in [0.05, 0.1) is 80.5 Å². The molecule has 23 rings (SSSR count). The van der Waals surface area contributed by atoms with E-state index in [1.807, 2.05) is 137 Å². The second-order valence-corrected chi connectivity index (χ2v) is 34.7. The van der Waals surface area contributed by atoms with Gasteiger partial charge in [-0.3, -0.25) is 9.67 Å². The number of nitrogens with one attached hydrogen (secondary N) is 5. The summed E-state index contributed by atoms with van der Waals surface area (Å²) < 4.78 is 37.0. The summed E-state index contributed by atoms with van der Waals surface area (Å²) in [5.41, 5.74) is 25.5. The summed E-state index contributed by atoms with van der Waals surface area (Å²) in [5, 5.41) is 8.20. The van der Waals surface area contributed by atoms with Gasteiger partial charge in [0.25, 0.3) is 0 Å². The molecule has 10 aromatic heterocycles. The zero-order valence-electron chi connectivity index (χ0n) is 74.6. The first-order valence-corrected chi connectivity index (χ1v) is 44.7. The molecule has 0 radical (unpaired) electrons. The second-order valence-electron chi connectivity index (χ2n) is 34.7. The van der Waals surface area contributed by atoms with Crippen LogP contribution in [-0.2, 0) is 26.3 Å². The molecule has 5 N–H and O–H groups in total. The number of fused-ring (bicyclic) bond motifs is 7. The van der Waals surface area contributed by atoms with Crippen LogP contribution in [0.4, 0.5) is 54.7 Å². The van der Waals surface area contributed by atoms with Crippen LogP contribution in [0.2, 0.25) is 0 Å². The Morgan fingerprint density at radius 1 is 0.455 bits per heavy atom. The monoisotopic (exact) mass is 1770 g/mol. The van der Waals surface area contributed by atoms with E-state index >= 15 is 0 Å². The molecule has 132 heavy (non-hydrogen) atoms. The molecule has 0 spiro atoms. The number of allylic oxidation sites excluding steroid dienone is 3. The third-order valence-corrected chi connectivity index (χ3v) is 25.6. The number of pyridine rings is 1. The predicted molar refractivity (Wildman–Crippen MR) is 515 cm³/mol. The number of carbonyl (C=O) groups is 1. The Morgan fingerprint density at radius 3 is 1.41 bits per heavy atom. The van der Waals surface area contributed by atoms with Crippen molar-refractivity contribution in [3.8, 4) is 22.8 Å². The number of hydrogen-bond acceptors (Lipinski definition) is 23. The zero-order valence-corrected chi connectivity index (χ0v) is 74.6. The van der Waals surface area contributed by atoms with Crippen LogP contribution >= 0.6 is 0 Å². The van der Waals surface area contributed by atoms with Gasteiger partial charge >= 0.3 is 12.6 Å². The molecule has 668 valence electrons. The lowest BCUT2D eigenvalue weighted by Crippen LogP contribution is -2.63. The van der Waals surface area contributed by atoms with Crippen molar-refractivity contribution in [2.24, 2.45) is 7.05 Å². The number of ether oxygens (including phenoxy) is 2. The van der Waals surface area contributed by atoms with Crippen molar-refractivity contribution >= 4 is 126 Å². The molecular formula is C100H101F2N27O3. The van der Waals surface area contributed by atoms with Gasteiger partial charge in [0.15, 0.2) is 0 Å². The van der Waals surface area contributed by atoms with Crippen molar-refractivity contribution in [2.75, 3.05) is 140 Å². The Kier molecular flexibility index (Phi) is 23.4. The minimum Gasteiger partial charge on any atom is -0.497 e. The highest BCUT2D eigenvalue weighted by Crippen LogP contribution is 2.41. The normalized spacial score (nSPS) is 16.0. The molecular weight excluding hydrogens is 1670 g/mol. The van der Waals surface area contributed by atoms with E-state index in [1.165, 1.54) is 45.5 Å².